The third-order valence-electron chi connectivity index (χ3n) is 6.17. The number of nitrogens with zero attached hydrogens (tertiary/aromatic N) is 3. The van der Waals surface area contributed by atoms with Gasteiger partial charge in [0.05, 0.1) is 4.90 Å². The van der Waals surface area contributed by atoms with Gasteiger partial charge in [0, 0.05) is 50.9 Å². The van der Waals surface area contributed by atoms with Gasteiger partial charge in [0.25, 0.3) is 0 Å². The van der Waals surface area contributed by atoms with Crippen molar-refractivity contribution < 1.29 is 13.2 Å². The van der Waals surface area contributed by atoms with Gasteiger partial charge >= 0.3 is 0 Å². The third kappa shape index (κ3) is 4.37. The molecule has 0 bridgehead atoms. The lowest BCUT2D eigenvalue weighted by Gasteiger charge is -2.38. The minimum atomic E-state index is -3.49. The first kappa shape index (κ1) is 20.9. The SMILES string of the molecule is Cc1ccc(N2CCC(C(=O)N3CCN(S(=O)(=O)c4ccccc4)CC3)CC2)cc1. The van der Waals surface area contributed by atoms with Gasteiger partial charge in [-0.1, -0.05) is 35.9 Å². The minimum absolute atomic E-state index is 0.0315. The van der Waals surface area contributed by atoms with Gasteiger partial charge in [-0.05, 0) is 44.0 Å². The van der Waals surface area contributed by atoms with Crippen LogP contribution in [0, 0.1) is 12.8 Å². The fourth-order valence-corrected chi connectivity index (χ4v) is 5.73. The summed E-state index contributed by atoms with van der Waals surface area (Å²) < 4.78 is 27.0. The lowest BCUT2D eigenvalue weighted by molar-refractivity contribution is -0.137. The van der Waals surface area contributed by atoms with Crippen molar-refractivity contribution in [1.82, 2.24) is 9.21 Å². The molecule has 7 heteroatoms. The van der Waals surface area contributed by atoms with Crippen LogP contribution in [0.2, 0.25) is 0 Å². The Morgan fingerprint density at radius 1 is 0.833 bits per heavy atom. The van der Waals surface area contributed by atoms with E-state index >= 15 is 0 Å². The summed E-state index contributed by atoms with van der Waals surface area (Å²) in [6.07, 6.45) is 1.68. The Hall–Kier alpha value is -2.38. The quantitative estimate of drug-likeness (QED) is 0.753. The number of benzene rings is 2. The average molecular weight is 428 g/mol. The molecular weight excluding hydrogens is 398 g/mol. The van der Waals surface area contributed by atoms with Crippen LogP contribution in [0.3, 0.4) is 0 Å². The Kier molecular flexibility index (Phi) is 6.11. The van der Waals surface area contributed by atoms with Crippen LogP contribution < -0.4 is 4.90 Å². The zero-order valence-corrected chi connectivity index (χ0v) is 18.2. The molecule has 0 atom stereocenters. The topological polar surface area (TPSA) is 60.9 Å². The molecule has 0 spiro atoms. The predicted molar refractivity (Wildman–Crippen MR) is 118 cm³/mol. The molecule has 2 aromatic carbocycles. The van der Waals surface area contributed by atoms with Gasteiger partial charge in [-0.2, -0.15) is 4.31 Å². The molecular formula is C23H29N3O3S. The highest BCUT2D eigenvalue weighted by molar-refractivity contribution is 7.89. The van der Waals surface area contributed by atoms with E-state index in [0.29, 0.717) is 31.1 Å². The van der Waals surface area contributed by atoms with Crippen molar-refractivity contribution in [3.8, 4) is 0 Å². The number of hydrogen-bond acceptors (Lipinski definition) is 4. The van der Waals surface area contributed by atoms with Crippen LogP contribution in [0.25, 0.3) is 0 Å². The molecule has 2 aromatic rings. The summed E-state index contributed by atoms with van der Waals surface area (Å²) >= 11 is 0. The maximum absolute atomic E-state index is 13.0. The molecule has 0 saturated carbocycles. The van der Waals surface area contributed by atoms with Crippen molar-refractivity contribution in [2.75, 3.05) is 44.2 Å². The summed E-state index contributed by atoms with van der Waals surface area (Å²) in [5.41, 5.74) is 2.46. The van der Waals surface area contributed by atoms with Crippen LogP contribution in [0.1, 0.15) is 18.4 Å². The molecule has 0 radical (unpaired) electrons. The second-order valence-corrected chi connectivity index (χ2v) is 10.1. The van der Waals surface area contributed by atoms with Gasteiger partial charge in [-0.25, -0.2) is 8.42 Å². The molecule has 0 aliphatic carbocycles. The van der Waals surface area contributed by atoms with E-state index in [1.807, 2.05) is 4.90 Å². The molecule has 2 aliphatic rings. The van der Waals surface area contributed by atoms with Crippen LogP contribution in [0.15, 0.2) is 59.5 Å². The predicted octanol–water partition coefficient (Wildman–Crippen LogP) is 2.74. The van der Waals surface area contributed by atoms with Gasteiger partial charge in [0.15, 0.2) is 0 Å². The van der Waals surface area contributed by atoms with Gasteiger partial charge in [-0.15, -0.1) is 0 Å². The monoisotopic (exact) mass is 427 g/mol. The van der Waals surface area contributed by atoms with Crippen LogP contribution in [-0.4, -0.2) is 62.8 Å². The van der Waals surface area contributed by atoms with Crippen LogP contribution in [0.5, 0.6) is 0 Å². The third-order valence-corrected chi connectivity index (χ3v) is 8.09. The van der Waals surface area contributed by atoms with E-state index in [9.17, 15) is 13.2 Å². The van der Waals surface area contributed by atoms with Gasteiger partial charge in [0.1, 0.15) is 0 Å². The first-order valence-corrected chi connectivity index (χ1v) is 12.0. The molecule has 0 N–H and O–H groups in total. The van der Waals surface area contributed by atoms with Crippen molar-refractivity contribution in [2.24, 2.45) is 5.92 Å². The zero-order valence-electron chi connectivity index (χ0n) is 17.4. The summed E-state index contributed by atoms with van der Waals surface area (Å²) in [5.74, 6) is 0.208. The number of rotatable bonds is 4. The van der Waals surface area contributed by atoms with Gasteiger partial charge in [0.2, 0.25) is 15.9 Å². The minimum Gasteiger partial charge on any atom is -0.371 e. The number of amides is 1. The molecule has 2 heterocycles. The first-order chi connectivity index (χ1) is 14.4. The Bertz CT molecular complexity index is 961. The average Bonchev–Trinajstić information content (AvgIpc) is 2.80. The zero-order chi connectivity index (χ0) is 21.1. The lowest BCUT2D eigenvalue weighted by Crippen LogP contribution is -2.52. The van der Waals surface area contributed by atoms with E-state index in [-0.39, 0.29) is 11.8 Å². The molecule has 4 rings (SSSR count). The standard InChI is InChI=1S/C23H29N3O3S/c1-19-7-9-21(10-8-19)24-13-11-20(12-14-24)23(27)25-15-17-26(18-16-25)30(28,29)22-5-3-2-4-6-22/h2-10,20H,11-18H2,1H3. The van der Waals surface area contributed by atoms with Crippen molar-refractivity contribution in [3.05, 3.63) is 60.2 Å². The highest BCUT2D eigenvalue weighted by atomic mass is 32.2. The Morgan fingerprint density at radius 2 is 1.43 bits per heavy atom. The first-order valence-electron chi connectivity index (χ1n) is 10.6. The Balaban J connectivity index is 1.30. The maximum Gasteiger partial charge on any atom is 0.243 e. The summed E-state index contributed by atoms with van der Waals surface area (Å²) in [6, 6.07) is 17.0. The number of piperidine rings is 1. The number of piperazine rings is 1. The number of anilines is 1. The summed E-state index contributed by atoms with van der Waals surface area (Å²) in [6.45, 7) is 5.46. The maximum atomic E-state index is 13.0. The van der Waals surface area contributed by atoms with Crippen molar-refractivity contribution in [2.45, 2.75) is 24.7 Å². The van der Waals surface area contributed by atoms with Crippen LogP contribution >= 0.6 is 0 Å². The normalized spacial score (nSPS) is 19.1. The molecule has 2 aliphatic heterocycles. The highest BCUT2D eigenvalue weighted by Gasteiger charge is 2.33. The van der Waals surface area contributed by atoms with E-state index in [0.717, 1.165) is 25.9 Å². The molecule has 160 valence electrons. The number of sulfonamides is 1. The van der Waals surface area contributed by atoms with E-state index in [1.165, 1.54) is 15.6 Å². The number of carbonyl (C=O) groups is 1. The van der Waals surface area contributed by atoms with Crippen molar-refractivity contribution >= 4 is 21.6 Å². The number of hydrogen-bond donors (Lipinski definition) is 0. The van der Waals surface area contributed by atoms with E-state index in [4.69, 9.17) is 0 Å². The van der Waals surface area contributed by atoms with E-state index in [2.05, 4.69) is 36.1 Å². The van der Waals surface area contributed by atoms with Crippen LogP contribution in [0.4, 0.5) is 5.69 Å². The van der Waals surface area contributed by atoms with E-state index < -0.39 is 10.0 Å². The summed E-state index contributed by atoms with van der Waals surface area (Å²) in [7, 11) is -3.49. The molecule has 6 nitrogen and oxygen atoms in total. The van der Waals surface area contributed by atoms with Crippen molar-refractivity contribution in [1.29, 1.82) is 0 Å². The fourth-order valence-electron chi connectivity index (χ4n) is 4.29. The molecule has 2 fully saturated rings. The highest BCUT2D eigenvalue weighted by Crippen LogP contribution is 2.26. The van der Waals surface area contributed by atoms with Crippen molar-refractivity contribution in [3.63, 3.8) is 0 Å². The van der Waals surface area contributed by atoms with Crippen LogP contribution in [-0.2, 0) is 14.8 Å². The number of aryl methyl sites for hydroxylation is 1. The second-order valence-electron chi connectivity index (χ2n) is 8.14. The molecule has 0 aromatic heterocycles. The van der Waals surface area contributed by atoms with E-state index in [1.54, 1.807) is 30.3 Å². The number of carbonyl (C=O) groups excluding carboxylic acids is 1. The summed E-state index contributed by atoms with van der Waals surface area (Å²) in [5, 5.41) is 0. The second kappa shape index (κ2) is 8.78. The smallest absolute Gasteiger partial charge is 0.243 e. The molecule has 1 amide bonds. The largest absolute Gasteiger partial charge is 0.371 e. The Labute approximate surface area is 179 Å². The lowest BCUT2D eigenvalue weighted by atomic mass is 9.94. The van der Waals surface area contributed by atoms with Gasteiger partial charge in [-0.3, -0.25) is 4.79 Å². The molecule has 30 heavy (non-hydrogen) atoms. The Morgan fingerprint density at radius 3 is 2.03 bits per heavy atom. The summed E-state index contributed by atoms with van der Waals surface area (Å²) in [4.78, 5) is 17.5. The molecule has 0 unspecified atom stereocenters. The van der Waals surface area contributed by atoms with Gasteiger partial charge < -0.3 is 9.80 Å². The fraction of sp³-hybridized carbons (Fsp3) is 0.435. The molecule has 2 saturated heterocycles.